The third-order valence-corrected chi connectivity index (χ3v) is 5.70. The van der Waals surface area contributed by atoms with Crippen LogP contribution < -0.4 is 10.3 Å². The van der Waals surface area contributed by atoms with Crippen molar-refractivity contribution >= 4 is 28.3 Å². The lowest BCUT2D eigenvalue weighted by Crippen LogP contribution is -2.25. The maximum Gasteiger partial charge on any atom is 0.268 e. The standard InChI is InChI=1S/C26H19ClFN3O4/c1-34-10-9-31-14-18(11-17(13-29)26(31)33)25(32)21-12-19(28)5-7-23(21)35-15-16-4-6-22(27)20-3-2-8-30-24(16)20/h2-8,11-12,14H,9-10,15H2,1H3. The third-order valence-electron chi connectivity index (χ3n) is 5.37. The van der Waals surface area contributed by atoms with Crippen LogP contribution in [0, 0.1) is 17.1 Å². The molecule has 2 aromatic carbocycles. The van der Waals surface area contributed by atoms with E-state index in [1.807, 2.05) is 6.07 Å². The fourth-order valence-corrected chi connectivity index (χ4v) is 3.84. The molecule has 176 valence electrons. The molecule has 0 N–H and O–H groups in total. The zero-order valence-electron chi connectivity index (χ0n) is 18.6. The van der Waals surface area contributed by atoms with Gasteiger partial charge in [-0.25, -0.2) is 4.39 Å². The van der Waals surface area contributed by atoms with Gasteiger partial charge in [-0.3, -0.25) is 14.6 Å². The van der Waals surface area contributed by atoms with Gasteiger partial charge < -0.3 is 14.0 Å². The summed E-state index contributed by atoms with van der Waals surface area (Å²) in [5.41, 5.74) is 0.637. The van der Waals surface area contributed by atoms with Gasteiger partial charge in [0.25, 0.3) is 5.56 Å². The normalized spacial score (nSPS) is 10.8. The number of carbonyl (C=O) groups excluding carboxylic acids is 1. The molecule has 0 aliphatic carbocycles. The van der Waals surface area contributed by atoms with Crippen molar-refractivity contribution in [1.82, 2.24) is 9.55 Å². The van der Waals surface area contributed by atoms with E-state index in [4.69, 9.17) is 21.1 Å². The summed E-state index contributed by atoms with van der Waals surface area (Å²) in [5.74, 6) is -1.09. The Balaban J connectivity index is 1.70. The molecule has 2 aromatic heterocycles. The van der Waals surface area contributed by atoms with Gasteiger partial charge in [0, 0.05) is 47.6 Å². The maximum atomic E-state index is 14.1. The minimum absolute atomic E-state index is 0.0444. The highest BCUT2D eigenvalue weighted by atomic mass is 35.5. The van der Waals surface area contributed by atoms with Gasteiger partial charge in [-0.1, -0.05) is 17.7 Å². The molecule has 0 saturated carbocycles. The Morgan fingerprint density at radius 3 is 2.83 bits per heavy atom. The Hall–Kier alpha value is -4.06. The lowest BCUT2D eigenvalue weighted by molar-refractivity contribution is 0.103. The van der Waals surface area contributed by atoms with Crippen molar-refractivity contribution in [3.05, 3.63) is 104 Å². The lowest BCUT2D eigenvalue weighted by atomic mass is 10.0. The number of nitriles is 1. The predicted molar refractivity (Wildman–Crippen MR) is 128 cm³/mol. The topological polar surface area (TPSA) is 94.2 Å². The molecule has 4 aromatic rings. The summed E-state index contributed by atoms with van der Waals surface area (Å²) in [6.45, 7) is 0.404. The van der Waals surface area contributed by atoms with Crippen LogP contribution in [0.3, 0.4) is 0 Å². The maximum absolute atomic E-state index is 14.1. The van der Waals surface area contributed by atoms with Gasteiger partial charge in [0.15, 0.2) is 5.78 Å². The number of fused-ring (bicyclic) bond motifs is 1. The Morgan fingerprint density at radius 1 is 1.23 bits per heavy atom. The van der Waals surface area contributed by atoms with Crippen molar-refractivity contribution in [3.63, 3.8) is 0 Å². The van der Waals surface area contributed by atoms with E-state index in [0.29, 0.717) is 10.5 Å². The van der Waals surface area contributed by atoms with Crippen LogP contribution in [-0.4, -0.2) is 29.1 Å². The van der Waals surface area contributed by atoms with E-state index in [9.17, 15) is 19.2 Å². The zero-order chi connectivity index (χ0) is 24.9. The molecular weight excluding hydrogens is 473 g/mol. The Morgan fingerprint density at radius 2 is 2.06 bits per heavy atom. The molecule has 0 bridgehead atoms. The van der Waals surface area contributed by atoms with E-state index in [0.717, 1.165) is 17.0 Å². The van der Waals surface area contributed by atoms with Crippen molar-refractivity contribution in [1.29, 1.82) is 5.26 Å². The average molecular weight is 492 g/mol. The molecule has 35 heavy (non-hydrogen) atoms. The summed E-state index contributed by atoms with van der Waals surface area (Å²) < 4.78 is 26.3. The number of nitrogens with zero attached hydrogens (tertiary/aromatic N) is 3. The largest absolute Gasteiger partial charge is 0.488 e. The van der Waals surface area contributed by atoms with Crippen LogP contribution in [0.25, 0.3) is 10.9 Å². The minimum Gasteiger partial charge on any atom is -0.488 e. The minimum atomic E-state index is -0.632. The third kappa shape index (κ3) is 5.06. The van der Waals surface area contributed by atoms with Crippen LogP contribution >= 0.6 is 11.6 Å². The van der Waals surface area contributed by atoms with Crippen molar-refractivity contribution < 1.29 is 18.7 Å². The van der Waals surface area contributed by atoms with Gasteiger partial charge in [0.1, 0.15) is 29.8 Å². The van der Waals surface area contributed by atoms with Crippen molar-refractivity contribution in [2.75, 3.05) is 13.7 Å². The zero-order valence-corrected chi connectivity index (χ0v) is 19.4. The van der Waals surface area contributed by atoms with Crippen LogP contribution in [0.4, 0.5) is 4.39 Å². The first-order chi connectivity index (χ1) is 16.9. The SMILES string of the molecule is COCCn1cc(C(=O)c2cc(F)ccc2OCc2ccc(Cl)c3cccnc23)cc(C#N)c1=O. The summed E-state index contributed by atoms with van der Waals surface area (Å²) in [7, 11) is 1.47. The summed E-state index contributed by atoms with van der Waals surface area (Å²) >= 11 is 6.26. The first-order valence-corrected chi connectivity index (χ1v) is 10.9. The first kappa shape index (κ1) is 24.1. The second-order valence-corrected chi connectivity index (χ2v) is 8.02. The number of benzene rings is 2. The van der Waals surface area contributed by atoms with E-state index >= 15 is 0 Å². The van der Waals surface area contributed by atoms with Crippen LogP contribution in [0.15, 0.2) is 65.7 Å². The molecule has 2 heterocycles. The number of pyridine rings is 2. The molecule has 0 atom stereocenters. The summed E-state index contributed by atoms with van der Waals surface area (Å²) in [4.78, 5) is 30.1. The quantitative estimate of drug-likeness (QED) is 0.336. The summed E-state index contributed by atoms with van der Waals surface area (Å²) in [5, 5.41) is 10.7. The van der Waals surface area contributed by atoms with Gasteiger partial charge >= 0.3 is 0 Å². The molecule has 0 amide bonds. The van der Waals surface area contributed by atoms with Crippen molar-refractivity contribution in [2.45, 2.75) is 13.2 Å². The lowest BCUT2D eigenvalue weighted by Gasteiger charge is -2.14. The molecule has 0 aliphatic rings. The first-order valence-electron chi connectivity index (χ1n) is 10.6. The molecule has 0 radical (unpaired) electrons. The molecule has 9 heteroatoms. The number of hydrogen-bond acceptors (Lipinski definition) is 6. The van der Waals surface area contributed by atoms with E-state index in [1.54, 1.807) is 30.5 Å². The molecule has 0 unspecified atom stereocenters. The summed E-state index contributed by atoms with van der Waals surface area (Å²) in [6, 6.07) is 13.7. The average Bonchev–Trinajstić information content (AvgIpc) is 2.88. The van der Waals surface area contributed by atoms with Crippen molar-refractivity contribution in [2.24, 2.45) is 0 Å². The fourth-order valence-electron chi connectivity index (χ4n) is 3.63. The Kier molecular flexibility index (Phi) is 7.20. The number of rotatable bonds is 8. The van der Waals surface area contributed by atoms with Crippen LogP contribution in [0.1, 0.15) is 27.0 Å². The molecular formula is C26H19ClFN3O4. The van der Waals surface area contributed by atoms with E-state index < -0.39 is 17.2 Å². The number of ether oxygens (including phenoxy) is 2. The highest BCUT2D eigenvalue weighted by molar-refractivity contribution is 6.35. The monoisotopic (exact) mass is 491 g/mol. The Labute approximate surface area is 204 Å². The van der Waals surface area contributed by atoms with Gasteiger partial charge in [-0.05, 0) is 42.5 Å². The van der Waals surface area contributed by atoms with Gasteiger partial charge in [-0.15, -0.1) is 0 Å². The molecule has 0 spiro atoms. The van der Waals surface area contributed by atoms with Crippen molar-refractivity contribution in [3.8, 4) is 11.8 Å². The number of halogens is 2. The molecule has 0 fully saturated rings. The molecule has 0 aliphatic heterocycles. The van der Waals surface area contributed by atoms with E-state index in [1.165, 1.54) is 36.1 Å². The highest BCUT2D eigenvalue weighted by Gasteiger charge is 2.19. The van der Waals surface area contributed by atoms with Crippen LogP contribution in [-0.2, 0) is 17.9 Å². The van der Waals surface area contributed by atoms with E-state index in [-0.39, 0.29) is 42.2 Å². The number of carbonyl (C=O) groups is 1. The number of aromatic nitrogens is 2. The summed E-state index contributed by atoms with van der Waals surface area (Å²) in [6.07, 6.45) is 2.97. The Bertz CT molecular complexity index is 1530. The predicted octanol–water partition coefficient (Wildman–Crippen LogP) is 4.52. The second kappa shape index (κ2) is 10.5. The number of ketones is 1. The van der Waals surface area contributed by atoms with Gasteiger partial charge in [0.05, 0.1) is 17.7 Å². The van der Waals surface area contributed by atoms with Gasteiger partial charge in [0.2, 0.25) is 0 Å². The van der Waals surface area contributed by atoms with E-state index in [2.05, 4.69) is 4.98 Å². The number of methoxy groups -OCH3 is 1. The van der Waals surface area contributed by atoms with Crippen LogP contribution in [0.5, 0.6) is 5.75 Å². The molecule has 4 rings (SSSR count). The smallest absolute Gasteiger partial charge is 0.268 e. The number of hydrogen-bond donors (Lipinski definition) is 0. The second-order valence-electron chi connectivity index (χ2n) is 7.61. The highest BCUT2D eigenvalue weighted by Crippen LogP contribution is 2.28. The van der Waals surface area contributed by atoms with Gasteiger partial charge in [-0.2, -0.15) is 5.26 Å². The molecule has 7 nitrogen and oxygen atoms in total. The molecule has 0 saturated heterocycles. The van der Waals surface area contributed by atoms with Crippen LogP contribution in [0.2, 0.25) is 5.02 Å². The fraction of sp³-hybridized carbons (Fsp3) is 0.154.